The topological polar surface area (TPSA) is 218 Å². The van der Waals surface area contributed by atoms with Crippen LogP contribution in [0.15, 0.2) is 0 Å². The van der Waals surface area contributed by atoms with Crippen LogP contribution < -0.4 is 0 Å². The van der Waals surface area contributed by atoms with E-state index in [9.17, 15) is 35.4 Å². The highest BCUT2D eigenvalue weighted by molar-refractivity contribution is 5.72. The largest absolute Gasteiger partial charge is 0.479 e. The number of carboxylic acids is 1. The van der Waals surface area contributed by atoms with Gasteiger partial charge in [0.05, 0.1) is 13.2 Å². The molecule has 1 saturated heterocycles. The number of aliphatic hydroxyl groups is 8. The van der Waals surface area contributed by atoms with Crippen LogP contribution in [0.3, 0.4) is 0 Å². The van der Waals surface area contributed by atoms with Crippen molar-refractivity contribution < 1.29 is 60.2 Å². The Hall–Kier alpha value is -0.930. The highest BCUT2D eigenvalue weighted by Gasteiger charge is 2.47. The number of ether oxygens (including phenoxy) is 2. The molecular weight excluding hydrogens is 336 g/mol. The van der Waals surface area contributed by atoms with Crippen molar-refractivity contribution in [1.82, 2.24) is 0 Å². The third kappa shape index (κ3) is 4.58. The molecule has 9 N–H and O–H groups in total. The van der Waals surface area contributed by atoms with Gasteiger partial charge in [0.1, 0.15) is 42.7 Å². The van der Waals surface area contributed by atoms with Crippen LogP contribution >= 0.6 is 0 Å². The Morgan fingerprint density at radius 1 is 1.04 bits per heavy atom. The summed E-state index contributed by atoms with van der Waals surface area (Å²) in [7, 11) is 0. The molecule has 1 rings (SSSR count). The number of hydrogen-bond acceptors (Lipinski definition) is 11. The molecule has 0 aliphatic carbocycles. The lowest BCUT2D eigenvalue weighted by molar-refractivity contribution is -0.326. The van der Waals surface area contributed by atoms with Gasteiger partial charge in [0, 0.05) is 0 Å². The van der Waals surface area contributed by atoms with Gasteiger partial charge >= 0.3 is 5.97 Å². The highest BCUT2D eigenvalue weighted by atomic mass is 16.7. The van der Waals surface area contributed by atoms with Crippen molar-refractivity contribution in [3.8, 4) is 0 Å². The molecule has 1 aliphatic rings. The Bertz CT molecular complexity index is 403. The van der Waals surface area contributed by atoms with Gasteiger partial charge in [0.25, 0.3) is 0 Å². The molecule has 12 heteroatoms. The molecule has 0 radical (unpaired) electrons. The fraction of sp³-hybridized carbons (Fsp3) is 0.917. The van der Waals surface area contributed by atoms with Gasteiger partial charge in [-0.25, -0.2) is 4.79 Å². The molecule has 1 unspecified atom stereocenters. The summed E-state index contributed by atoms with van der Waals surface area (Å²) in [4.78, 5) is 10.7. The molecule has 1 heterocycles. The molecule has 0 aromatic carbocycles. The van der Waals surface area contributed by atoms with Gasteiger partial charge in [-0.2, -0.15) is 0 Å². The summed E-state index contributed by atoms with van der Waals surface area (Å²) in [6, 6.07) is 0. The Morgan fingerprint density at radius 3 is 2.08 bits per heavy atom. The summed E-state index contributed by atoms with van der Waals surface area (Å²) < 4.78 is 9.98. The normalized spacial score (nSPS) is 35.9. The van der Waals surface area contributed by atoms with Gasteiger partial charge in [-0.1, -0.05) is 0 Å². The predicted octanol–water partition coefficient (Wildman–Crippen LogP) is -5.67. The molecule has 9 atom stereocenters. The van der Waals surface area contributed by atoms with Crippen molar-refractivity contribution >= 4 is 5.97 Å². The maximum absolute atomic E-state index is 10.7. The van der Waals surface area contributed by atoms with E-state index in [1.165, 1.54) is 0 Å². The quantitative estimate of drug-likeness (QED) is 0.198. The molecule has 0 aromatic rings. The van der Waals surface area contributed by atoms with E-state index in [2.05, 4.69) is 0 Å². The summed E-state index contributed by atoms with van der Waals surface area (Å²) in [5.74, 6) is -1.84. The zero-order valence-corrected chi connectivity index (χ0v) is 12.4. The molecule has 24 heavy (non-hydrogen) atoms. The number of carbonyl (C=O) groups is 1. The molecule has 0 amide bonds. The molecule has 0 bridgehead atoms. The lowest BCUT2D eigenvalue weighted by atomic mass is 9.98. The van der Waals surface area contributed by atoms with Crippen LogP contribution in [-0.2, 0) is 14.3 Å². The average molecular weight is 358 g/mol. The first-order valence-corrected chi connectivity index (χ1v) is 6.99. The number of carboxylic acid groups (broad SMARTS) is 1. The van der Waals surface area contributed by atoms with Crippen molar-refractivity contribution in [2.45, 2.75) is 55.1 Å². The molecular formula is C12H22O12. The van der Waals surface area contributed by atoms with Gasteiger partial charge < -0.3 is 55.4 Å². The Morgan fingerprint density at radius 2 is 1.62 bits per heavy atom. The minimum absolute atomic E-state index is 0.766. The lowest BCUT2D eigenvalue weighted by Gasteiger charge is -2.42. The van der Waals surface area contributed by atoms with E-state index < -0.39 is 74.3 Å². The summed E-state index contributed by atoms with van der Waals surface area (Å²) in [5, 5.41) is 84.5. The summed E-state index contributed by atoms with van der Waals surface area (Å²) in [5.41, 5.74) is 0. The Kier molecular flexibility index (Phi) is 7.88. The standard InChI is InChI=1S/C12H22O12/c13-1-3(15)10(7(18)8(19)11(21)22)24-12-9(20)6(17)5(16)4(2-14)23-12/h3-10,12-20H,1-2H2,(H,21,22)/t3-,4+,5-,6-,7+,8-,9+,10?,12-/m0/s1. The molecule has 1 aliphatic heterocycles. The SMILES string of the molecule is O=C(O)[C@@H](O)[C@@H](O)C(O[C@@H]1O[C@H](CO)[C@H](O)[C@H](O)[C@H]1O)[C@@H](O)CO. The number of aliphatic hydroxyl groups excluding tert-OH is 8. The van der Waals surface area contributed by atoms with Gasteiger partial charge in [-0.15, -0.1) is 0 Å². The molecule has 0 aromatic heterocycles. The first-order valence-electron chi connectivity index (χ1n) is 6.99. The van der Waals surface area contributed by atoms with E-state index in [1.54, 1.807) is 0 Å². The van der Waals surface area contributed by atoms with Gasteiger partial charge in [0.15, 0.2) is 12.4 Å². The summed E-state index contributed by atoms with van der Waals surface area (Å²) in [6.45, 7) is -1.76. The van der Waals surface area contributed by atoms with Crippen LogP contribution in [0.1, 0.15) is 0 Å². The highest BCUT2D eigenvalue weighted by Crippen LogP contribution is 2.24. The zero-order chi connectivity index (χ0) is 18.6. The number of hydrogen-bond donors (Lipinski definition) is 9. The van der Waals surface area contributed by atoms with Crippen LogP contribution in [-0.4, -0.2) is 120 Å². The maximum Gasteiger partial charge on any atom is 0.335 e. The first kappa shape index (κ1) is 21.1. The van der Waals surface area contributed by atoms with Crippen molar-refractivity contribution in [2.75, 3.05) is 13.2 Å². The van der Waals surface area contributed by atoms with E-state index in [4.69, 9.17) is 24.8 Å². The fourth-order valence-electron chi connectivity index (χ4n) is 2.16. The molecule has 142 valence electrons. The monoisotopic (exact) mass is 358 g/mol. The predicted molar refractivity (Wildman–Crippen MR) is 71.4 cm³/mol. The average Bonchev–Trinajstić information content (AvgIpc) is 2.57. The van der Waals surface area contributed by atoms with Crippen LogP contribution in [0, 0.1) is 0 Å². The number of aliphatic carboxylic acids is 1. The van der Waals surface area contributed by atoms with Crippen LogP contribution in [0.2, 0.25) is 0 Å². The van der Waals surface area contributed by atoms with Crippen LogP contribution in [0.4, 0.5) is 0 Å². The third-order valence-corrected chi connectivity index (χ3v) is 3.62. The van der Waals surface area contributed by atoms with Gasteiger partial charge in [-0.3, -0.25) is 0 Å². The van der Waals surface area contributed by atoms with Crippen molar-refractivity contribution in [1.29, 1.82) is 0 Å². The molecule has 0 spiro atoms. The van der Waals surface area contributed by atoms with Crippen molar-refractivity contribution in [3.05, 3.63) is 0 Å². The van der Waals surface area contributed by atoms with Crippen molar-refractivity contribution in [2.24, 2.45) is 0 Å². The molecule has 1 fully saturated rings. The third-order valence-electron chi connectivity index (χ3n) is 3.62. The zero-order valence-electron chi connectivity index (χ0n) is 12.4. The summed E-state index contributed by atoms with van der Waals surface area (Å²) in [6.07, 6.45) is -16.9. The van der Waals surface area contributed by atoms with Gasteiger partial charge in [0.2, 0.25) is 0 Å². The van der Waals surface area contributed by atoms with E-state index >= 15 is 0 Å². The lowest BCUT2D eigenvalue weighted by Crippen LogP contribution is -2.61. The molecule has 12 nitrogen and oxygen atoms in total. The Labute approximate surface area is 135 Å². The smallest absolute Gasteiger partial charge is 0.335 e. The van der Waals surface area contributed by atoms with Gasteiger partial charge in [-0.05, 0) is 0 Å². The van der Waals surface area contributed by atoms with E-state index in [0.29, 0.717) is 0 Å². The second kappa shape index (κ2) is 8.96. The van der Waals surface area contributed by atoms with Crippen molar-refractivity contribution in [3.63, 3.8) is 0 Å². The second-order valence-electron chi connectivity index (χ2n) is 5.32. The van der Waals surface area contributed by atoms with Crippen LogP contribution in [0.5, 0.6) is 0 Å². The fourth-order valence-corrected chi connectivity index (χ4v) is 2.16. The maximum atomic E-state index is 10.7. The minimum Gasteiger partial charge on any atom is -0.479 e. The second-order valence-corrected chi connectivity index (χ2v) is 5.32. The number of rotatable bonds is 8. The van der Waals surface area contributed by atoms with E-state index in [0.717, 1.165) is 0 Å². The molecule has 0 saturated carbocycles. The van der Waals surface area contributed by atoms with E-state index in [-0.39, 0.29) is 0 Å². The Balaban J connectivity index is 2.94. The first-order chi connectivity index (χ1) is 11.1. The minimum atomic E-state index is -2.39. The van der Waals surface area contributed by atoms with E-state index in [1.807, 2.05) is 0 Å². The summed E-state index contributed by atoms with van der Waals surface area (Å²) >= 11 is 0. The van der Waals surface area contributed by atoms with Crippen LogP contribution in [0.25, 0.3) is 0 Å².